The van der Waals surface area contributed by atoms with Gasteiger partial charge in [0.05, 0.1) is 10.6 Å². The lowest BCUT2D eigenvalue weighted by Crippen LogP contribution is -2.13. The van der Waals surface area contributed by atoms with Gasteiger partial charge in [0.15, 0.2) is 5.13 Å². The van der Waals surface area contributed by atoms with E-state index < -0.39 is 10.8 Å². The maximum Gasteiger partial charge on any atom is 0.283 e. The highest BCUT2D eigenvalue weighted by Gasteiger charge is 2.22. The van der Waals surface area contributed by atoms with Crippen molar-refractivity contribution in [3.8, 4) is 11.3 Å². The van der Waals surface area contributed by atoms with Gasteiger partial charge in [-0.3, -0.25) is 20.2 Å². The van der Waals surface area contributed by atoms with Crippen molar-refractivity contribution >= 4 is 51.3 Å². The van der Waals surface area contributed by atoms with Gasteiger partial charge in [-0.15, -0.1) is 11.3 Å². The number of carbonyl (C=O) groups excluding carboxylic acids is 1. The Morgan fingerprint density at radius 2 is 1.92 bits per heavy atom. The number of hydrogen-bond donors (Lipinski definition) is 1. The lowest BCUT2D eigenvalue weighted by atomic mass is 10.1. The van der Waals surface area contributed by atoms with Crippen LogP contribution < -0.4 is 5.32 Å². The van der Waals surface area contributed by atoms with Crippen LogP contribution in [0.15, 0.2) is 42.5 Å². The van der Waals surface area contributed by atoms with E-state index in [1.54, 1.807) is 12.1 Å². The number of nitro groups is 1. The summed E-state index contributed by atoms with van der Waals surface area (Å²) in [6.07, 6.45) is 0. The highest BCUT2D eigenvalue weighted by molar-refractivity contribution is 7.16. The standard InChI is InChI=1S/C17H11Cl2N3O3S/c1-9-15(10-3-2-4-11(18)7-10)20-17(26-9)21-16(23)13-6-5-12(19)8-14(13)22(24)25/h2-8H,1H3,(H,20,21,23). The number of rotatable bonds is 4. The van der Waals surface area contributed by atoms with Crippen molar-refractivity contribution in [1.82, 2.24) is 4.98 Å². The fourth-order valence-corrected chi connectivity index (χ4v) is 3.55. The number of nitrogens with one attached hydrogen (secondary N) is 1. The summed E-state index contributed by atoms with van der Waals surface area (Å²) in [4.78, 5) is 28.2. The Labute approximate surface area is 162 Å². The number of aryl methyl sites for hydroxylation is 1. The van der Waals surface area contributed by atoms with Gasteiger partial charge in [0.25, 0.3) is 11.6 Å². The second-order valence-electron chi connectivity index (χ2n) is 5.31. The number of nitrogens with zero attached hydrogens (tertiary/aromatic N) is 2. The molecule has 0 saturated heterocycles. The molecule has 132 valence electrons. The molecule has 3 aromatic rings. The van der Waals surface area contributed by atoms with Crippen molar-refractivity contribution in [1.29, 1.82) is 0 Å². The van der Waals surface area contributed by atoms with E-state index in [4.69, 9.17) is 23.2 Å². The molecule has 0 atom stereocenters. The topological polar surface area (TPSA) is 85.1 Å². The van der Waals surface area contributed by atoms with Crippen molar-refractivity contribution in [2.24, 2.45) is 0 Å². The summed E-state index contributed by atoms with van der Waals surface area (Å²) < 4.78 is 0. The summed E-state index contributed by atoms with van der Waals surface area (Å²) in [5, 5.41) is 14.9. The van der Waals surface area contributed by atoms with Gasteiger partial charge in [-0.1, -0.05) is 35.3 Å². The summed E-state index contributed by atoms with van der Waals surface area (Å²) in [6, 6.07) is 11.1. The SMILES string of the molecule is Cc1sc(NC(=O)c2ccc(Cl)cc2[N+](=O)[O-])nc1-c1cccc(Cl)c1. The zero-order valence-electron chi connectivity index (χ0n) is 13.3. The quantitative estimate of drug-likeness (QED) is 0.451. The number of hydrogen-bond acceptors (Lipinski definition) is 5. The number of carbonyl (C=O) groups is 1. The van der Waals surface area contributed by atoms with E-state index in [1.807, 2.05) is 19.1 Å². The van der Waals surface area contributed by atoms with E-state index in [0.29, 0.717) is 15.8 Å². The van der Waals surface area contributed by atoms with Crippen LogP contribution >= 0.6 is 34.5 Å². The fraction of sp³-hybridized carbons (Fsp3) is 0.0588. The molecule has 9 heteroatoms. The lowest BCUT2D eigenvalue weighted by molar-refractivity contribution is -0.385. The minimum Gasteiger partial charge on any atom is -0.298 e. The van der Waals surface area contributed by atoms with Crippen LogP contribution in [0.25, 0.3) is 11.3 Å². The zero-order chi connectivity index (χ0) is 18.8. The molecule has 0 fully saturated rings. The first-order chi connectivity index (χ1) is 12.3. The van der Waals surface area contributed by atoms with Gasteiger partial charge in [0.2, 0.25) is 0 Å². The molecule has 0 aliphatic heterocycles. The molecule has 0 unspecified atom stereocenters. The van der Waals surface area contributed by atoms with E-state index in [0.717, 1.165) is 16.5 Å². The summed E-state index contributed by atoms with van der Waals surface area (Å²) in [5.74, 6) is -0.625. The van der Waals surface area contributed by atoms with Crippen molar-refractivity contribution < 1.29 is 9.72 Å². The second kappa shape index (κ2) is 7.41. The Morgan fingerprint density at radius 3 is 2.62 bits per heavy atom. The van der Waals surface area contributed by atoms with Crippen LogP contribution in [0.3, 0.4) is 0 Å². The summed E-state index contributed by atoms with van der Waals surface area (Å²) in [6.45, 7) is 1.87. The fourth-order valence-electron chi connectivity index (χ4n) is 2.37. The molecule has 0 aliphatic carbocycles. The molecular formula is C17H11Cl2N3O3S. The van der Waals surface area contributed by atoms with E-state index in [-0.39, 0.29) is 16.3 Å². The van der Waals surface area contributed by atoms with Crippen LogP contribution in [-0.2, 0) is 0 Å². The molecule has 6 nitrogen and oxygen atoms in total. The highest BCUT2D eigenvalue weighted by Crippen LogP contribution is 2.32. The molecule has 1 amide bonds. The number of halogens is 2. The number of amides is 1. The van der Waals surface area contributed by atoms with Crippen molar-refractivity contribution in [2.75, 3.05) is 5.32 Å². The molecule has 1 aromatic heterocycles. The smallest absolute Gasteiger partial charge is 0.283 e. The van der Waals surface area contributed by atoms with Crippen molar-refractivity contribution in [3.05, 3.63) is 73.1 Å². The molecule has 0 aliphatic rings. The predicted molar refractivity (Wildman–Crippen MR) is 103 cm³/mol. The van der Waals surface area contributed by atoms with Gasteiger partial charge < -0.3 is 0 Å². The van der Waals surface area contributed by atoms with Crippen LogP contribution in [-0.4, -0.2) is 15.8 Å². The van der Waals surface area contributed by atoms with Crippen LogP contribution in [0.5, 0.6) is 0 Å². The Hall–Kier alpha value is -2.48. The zero-order valence-corrected chi connectivity index (χ0v) is 15.7. The average molecular weight is 408 g/mol. The number of aromatic nitrogens is 1. The number of nitro benzene ring substituents is 1. The molecule has 2 aromatic carbocycles. The van der Waals surface area contributed by atoms with Gasteiger partial charge in [0.1, 0.15) is 5.56 Å². The minimum absolute atomic E-state index is 0.0865. The maximum absolute atomic E-state index is 12.4. The molecule has 0 saturated carbocycles. The first-order valence-electron chi connectivity index (χ1n) is 7.34. The molecule has 0 bridgehead atoms. The van der Waals surface area contributed by atoms with Gasteiger partial charge in [-0.2, -0.15) is 0 Å². The van der Waals surface area contributed by atoms with Crippen LogP contribution in [0.4, 0.5) is 10.8 Å². The monoisotopic (exact) mass is 407 g/mol. The van der Waals surface area contributed by atoms with Gasteiger partial charge in [-0.05, 0) is 31.2 Å². The Balaban J connectivity index is 1.90. The first-order valence-corrected chi connectivity index (χ1v) is 8.91. The molecule has 1 heterocycles. The minimum atomic E-state index is -0.648. The van der Waals surface area contributed by atoms with Crippen LogP contribution in [0.1, 0.15) is 15.2 Å². The molecule has 26 heavy (non-hydrogen) atoms. The predicted octanol–water partition coefficient (Wildman–Crippen LogP) is 5.59. The Morgan fingerprint density at radius 1 is 1.19 bits per heavy atom. The van der Waals surface area contributed by atoms with Crippen molar-refractivity contribution in [2.45, 2.75) is 6.92 Å². The number of benzene rings is 2. The maximum atomic E-state index is 12.4. The molecule has 0 spiro atoms. The van der Waals surface area contributed by atoms with Gasteiger partial charge in [-0.25, -0.2) is 4.98 Å². The molecule has 0 radical (unpaired) electrons. The highest BCUT2D eigenvalue weighted by atomic mass is 35.5. The Bertz CT molecular complexity index is 1020. The number of thiazole rings is 1. The van der Waals surface area contributed by atoms with E-state index in [2.05, 4.69) is 10.3 Å². The normalized spacial score (nSPS) is 10.6. The van der Waals surface area contributed by atoms with Crippen molar-refractivity contribution in [3.63, 3.8) is 0 Å². The second-order valence-corrected chi connectivity index (χ2v) is 7.38. The first kappa shape index (κ1) is 18.3. The summed E-state index contributed by atoms with van der Waals surface area (Å²) in [7, 11) is 0. The van der Waals surface area contributed by atoms with E-state index in [9.17, 15) is 14.9 Å². The van der Waals surface area contributed by atoms with Crippen LogP contribution in [0.2, 0.25) is 10.0 Å². The largest absolute Gasteiger partial charge is 0.298 e. The van der Waals surface area contributed by atoms with Gasteiger partial charge >= 0.3 is 0 Å². The lowest BCUT2D eigenvalue weighted by Gasteiger charge is -2.03. The third kappa shape index (κ3) is 3.85. The summed E-state index contributed by atoms with van der Waals surface area (Å²) in [5.41, 5.74) is 1.07. The summed E-state index contributed by atoms with van der Waals surface area (Å²) >= 11 is 13.1. The molecule has 3 rings (SSSR count). The molecular weight excluding hydrogens is 397 g/mol. The third-order valence-electron chi connectivity index (χ3n) is 3.52. The van der Waals surface area contributed by atoms with Gasteiger partial charge in [0, 0.05) is 26.6 Å². The number of anilines is 1. The third-order valence-corrected chi connectivity index (χ3v) is 4.87. The molecule has 1 N–H and O–H groups in total. The average Bonchev–Trinajstić information content (AvgIpc) is 2.94. The van der Waals surface area contributed by atoms with Crippen LogP contribution in [0, 0.1) is 17.0 Å². The van der Waals surface area contributed by atoms with E-state index >= 15 is 0 Å². The Kier molecular flexibility index (Phi) is 5.22. The van der Waals surface area contributed by atoms with E-state index in [1.165, 1.54) is 23.5 Å².